The topological polar surface area (TPSA) is 49.3 Å². The van der Waals surface area contributed by atoms with Gasteiger partial charge in [0.1, 0.15) is 11.6 Å². The van der Waals surface area contributed by atoms with E-state index >= 15 is 0 Å². The number of aliphatic hydroxyl groups excluding tert-OH is 1. The summed E-state index contributed by atoms with van der Waals surface area (Å²) in [6, 6.07) is 2.62. The lowest BCUT2D eigenvalue weighted by Crippen LogP contribution is -2.43. The zero-order valence-corrected chi connectivity index (χ0v) is 10.5. The van der Waals surface area contributed by atoms with Gasteiger partial charge in [-0.2, -0.15) is 0 Å². The largest absolute Gasteiger partial charge is 0.396 e. The van der Waals surface area contributed by atoms with Crippen LogP contribution in [0.15, 0.2) is 18.2 Å². The summed E-state index contributed by atoms with van der Waals surface area (Å²) in [6.45, 7) is 0.0163. The van der Waals surface area contributed by atoms with Crippen LogP contribution in [-0.2, 0) is 0 Å². The van der Waals surface area contributed by atoms with Crippen molar-refractivity contribution in [3.63, 3.8) is 0 Å². The van der Waals surface area contributed by atoms with Gasteiger partial charge in [-0.3, -0.25) is 4.79 Å². The van der Waals surface area contributed by atoms with Crippen LogP contribution in [0.1, 0.15) is 36.0 Å². The Kier molecular flexibility index (Phi) is 4.47. The van der Waals surface area contributed by atoms with Gasteiger partial charge < -0.3 is 10.4 Å². The molecule has 5 heteroatoms. The lowest BCUT2D eigenvalue weighted by Gasteiger charge is -2.30. The number of carbonyl (C=O) groups is 1. The summed E-state index contributed by atoms with van der Waals surface area (Å²) >= 11 is 0. The molecule has 1 saturated carbocycles. The Labute approximate surface area is 110 Å². The molecule has 0 heterocycles. The number of benzene rings is 1. The van der Waals surface area contributed by atoms with Gasteiger partial charge in [0, 0.05) is 30.2 Å². The number of amides is 1. The molecule has 0 aliphatic heterocycles. The second-order valence-electron chi connectivity index (χ2n) is 4.97. The molecular formula is C14H17F2NO2. The van der Waals surface area contributed by atoms with Gasteiger partial charge >= 0.3 is 0 Å². The van der Waals surface area contributed by atoms with Crippen LogP contribution in [0.5, 0.6) is 0 Å². The first-order chi connectivity index (χ1) is 9.10. The molecule has 0 saturated heterocycles. The number of aliphatic hydroxyl groups is 1. The Morgan fingerprint density at radius 3 is 2.47 bits per heavy atom. The summed E-state index contributed by atoms with van der Waals surface area (Å²) in [5.41, 5.74) is -0.0280. The van der Waals surface area contributed by atoms with Crippen LogP contribution in [0.25, 0.3) is 0 Å². The maximum absolute atomic E-state index is 13.0. The summed E-state index contributed by atoms with van der Waals surface area (Å²) in [5.74, 6) is -2.01. The number of carbonyl (C=O) groups excluding carboxylic acids is 1. The maximum Gasteiger partial charge on any atom is 0.251 e. The monoisotopic (exact) mass is 269 g/mol. The average Bonchev–Trinajstić information content (AvgIpc) is 2.38. The van der Waals surface area contributed by atoms with E-state index in [-0.39, 0.29) is 24.1 Å². The third-order valence-electron chi connectivity index (χ3n) is 3.58. The van der Waals surface area contributed by atoms with E-state index in [9.17, 15) is 18.7 Å². The zero-order chi connectivity index (χ0) is 13.8. The summed E-state index contributed by atoms with van der Waals surface area (Å²) in [6.07, 6.45) is 3.67. The van der Waals surface area contributed by atoms with E-state index in [1.165, 1.54) is 0 Å². The highest BCUT2D eigenvalue weighted by atomic mass is 19.1. The molecule has 2 atom stereocenters. The van der Waals surface area contributed by atoms with E-state index in [4.69, 9.17) is 0 Å². The molecule has 0 spiro atoms. The smallest absolute Gasteiger partial charge is 0.251 e. The molecule has 0 radical (unpaired) electrons. The Balaban J connectivity index is 2.07. The molecule has 19 heavy (non-hydrogen) atoms. The minimum Gasteiger partial charge on any atom is -0.396 e. The molecule has 104 valence electrons. The first-order valence-electron chi connectivity index (χ1n) is 6.48. The minimum atomic E-state index is -0.771. The molecule has 1 aliphatic rings. The fraction of sp³-hybridized carbons (Fsp3) is 0.500. The standard InChI is InChI=1S/C14H17F2NO2/c15-11-5-10(6-12(16)7-11)14(19)17-13-4-2-1-3-9(13)8-18/h5-7,9,13,18H,1-4,8H2,(H,17,19). The first kappa shape index (κ1) is 13.9. The second kappa shape index (κ2) is 6.10. The van der Waals surface area contributed by atoms with Crippen LogP contribution in [0, 0.1) is 17.6 Å². The molecular weight excluding hydrogens is 252 g/mol. The molecule has 2 unspecified atom stereocenters. The lowest BCUT2D eigenvalue weighted by atomic mass is 9.85. The van der Waals surface area contributed by atoms with E-state index in [0.29, 0.717) is 0 Å². The van der Waals surface area contributed by atoms with Crippen molar-refractivity contribution < 1.29 is 18.7 Å². The van der Waals surface area contributed by atoms with Crippen molar-refractivity contribution >= 4 is 5.91 Å². The quantitative estimate of drug-likeness (QED) is 0.884. The molecule has 0 bridgehead atoms. The lowest BCUT2D eigenvalue weighted by molar-refractivity contribution is 0.0871. The van der Waals surface area contributed by atoms with Gasteiger partial charge in [-0.05, 0) is 25.0 Å². The summed E-state index contributed by atoms with van der Waals surface area (Å²) in [5, 5.41) is 12.0. The molecule has 1 aromatic rings. The Bertz CT molecular complexity index is 445. The van der Waals surface area contributed by atoms with E-state index in [1.54, 1.807) is 0 Å². The van der Waals surface area contributed by atoms with Gasteiger partial charge in [-0.15, -0.1) is 0 Å². The maximum atomic E-state index is 13.0. The van der Waals surface area contributed by atoms with Crippen molar-refractivity contribution in [3.8, 4) is 0 Å². The van der Waals surface area contributed by atoms with Gasteiger partial charge in [-0.25, -0.2) is 8.78 Å². The van der Waals surface area contributed by atoms with E-state index in [1.807, 2.05) is 0 Å². The van der Waals surface area contributed by atoms with Crippen LogP contribution in [0.2, 0.25) is 0 Å². The molecule has 1 fully saturated rings. The molecule has 2 rings (SSSR count). The van der Waals surface area contributed by atoms with E-state index < -0.39 is 17.5 Å². The van der Waals surface area contributed by atoms with Crippen molar-refractivity contribution in [1.82, 2.24) is 5.32 Å². The van der Waals surface area contributed by atoms with Crippen molar-refractivity contribution in [2.75, 3.05) is 6.61 Å². The van der Waals surface area contributed by atoms with Crippen LogP contribution in [-0.4, -0.2) is 23.7 Å². The molecule has 1 amide bonds. The molecule has 1 aromatic carbocycles. The molecule has 1 aliphatic carbocycles. The summed E-state index contributed by atoms with van der Waals surface area (Å²) in [4.78, 5) is 12.0. The van der Waals surface area contributed by atoms with Gasteiger partial charge in [0.15, 0.2) is 0 Å². The van der Waals surface area contributed by atoms with Crippen molar-refractivity contribution in [2.45, 2.75) is 31.7 Å². The Hall–Kier alpha value is -1.49. The number of nitrogens with one attached hydrogen (secondary N) is 1. The van der Waals surface area contributed by atoms with Crippen LogP contribution in [0.3, 0.4) is 0 Å². The Morgan fingerprint density at radius 2 is 1.84 bits per heavy atom. The third kappa shape index (κ3) is 3.50. The third-order valence-corrected chi connectivity index (χ3v) is 3.58. The van der Waals surface area contributed by atoms with E-state index in [0.717, 1.165) is 43.9 Å². The SMILES string of the molecule is O=C(NC1CCCCC1CO)c1cc(F)cc(F)c1. The predicted octanol–water partition coefficient (Wildman–Crippen LogP) is 2.25. The fourth-order valence-corrected chi connectivity index (χ4v) is 2.55. The first-order valence-corrected chi connectivity index (χ1v) is 6.48. The fourth-order valence-electron chi connectivity index (χ4n) is 2.55. The van der Waals surface area contributed by atoms with Gasteiger partial charge in [-0.1, -0.05) is 12.8 Å². The average molecular weight is 269 g/mol. The number of hydrogen-bond donors (Lipinski definition) is 2. The van der Waals surface area contributed by atoms with E-state index in [2.05, 4.69) is 5.32 Å². The summed E-state index contributed by atoms with van der Waals surface area (Å²) in [7, 11) is 0. The zero-order valence-electron chi connectivity index (χ0n) is 10.5. The van der Waals surface area contributed by atoms with Gasteiger partial charge in [0.05, 0.1) is 0 Å². The van der Waals surface area contributed by atoms with Crippen molar-refractivity contribution in [2.24, 2.45) is 5.92 Å². The van der Waals surface area contributed by atoms with Crippen LogP contribution >= 0.6 is 0 Å². The van der Waals surface area contributed by atoms with Crippen molar-refractivity contribution in [1.29, 1.82) is 0 Å². The molecule has 0 aromatic heterocycles. The molecule has 3 nitrogen and oxygen atoms in total. The summed E-state index contributed by atoms with van der Waals surface area (Å²) < 4.78 is 26.1. The highest BCUT2D eigenvalue weighted by Gasteiger charge is 2.26. The number of rotatable bonds is 3. The predicted molar refractivity (Wildman–Crippen MR) is 66.7 cm³/mol. The van der Waals surface area contributed by atoms with Gasteiger partial charge in [0.2, 0.25) is 0 Å². The Morgan fingerprint density at radius 1 is 1.21 bits per heavy atom. The number of halogens is 2. The highest BCUT2D eigenvalue weighted by Crippen LogP contribution is 2.24. The van der Waals surface area contributed by atoms with Crippen LogP contribution in [0.4, 0.5) is 8.78 Å². The van der Waals surface area contributed by atoms with Gasteiger partial charge in [0.25, 0.3) is 5.91 Å². The highest BCUT2D eigenvalue weighted by molar-refractivity contribution is 5.94. The van der Waals surface area contributed by atoms with Crippen molar-refractivity contribution in [3.05, 3.63) is 35.4 Å². The second-order valence-corrected chi connectivity index (χ2v) is 4.97. The minimum absolute atomic E-state index is 0.0163. The number of hydrogen-bond acceptors (Lipinski definition) is 2. The molecule has 2 N–H and O–H groups in total. The van der Waals surface area contributed by atoms with Crippen LogP contribution < -0.4 is 5.32 Å². The normalized spacial score (nSPS) is 23.1.